The number of benzene rings is 1. The number of fused-ring (bicyclic) bond motifs is 1. The highest BCUT2D eigenvalue weighted by Gasteiger charge is 2.26. The van der Waals surface area contributed by atoms with Gasteiger partial charge in [-0.15, -0.1) is 0 Å². The van der Waals surface area contributed by atoms with Crippen molar-refractivity contribution < 1.29 is 22.4 Å². The second-order valence-corrected chi connectivity index (χ2v) is 7.81. The van der Waals surface area contributed by atoms with Crippen molar-refractivity contribution in [3.63, 3.8) is 0 Å². The Balaban J connectivity index is 1.87. The van der Waals surface area contributed by atoms with Gasteiger partial charge in [-0.25, -0.2) is 13.1 Å². The number of sulfonamides is 1. The smallest absolute Gasteiger partial charge is 0.246 e. The van der Waals surface area contributed by atoms with Crippen molar-refractivity contribution in [2.24, 2.45) is 0 Å². The summed E-state index contributed by atoms with van der Waals surface area (Å²) in [6.45, 7) is 7.65. The summed E-state index contributed by atoms with van der Waals surface area (Å²) in [6, 6.07) is 3.78. The Morgan fingerprint density at radius 3 is 2.76 bits per heavy atom. The van der Waals surface area contributed by atoms with Crippen molar-refractivity contribution in [3.05, 3.63) is 34.7 Å². The highest BCUT2D eigenvalue weighted by atomic mass is 32.2. The molecule has 0 spiro atoms. The van der Waals surface area contributed by atoms with Gasteiger partial charge in [-0.2, -0.15) is 0 Å². The van der Waals surface area contributed by atoms with Crippen LogP contribution in [0.4, 0.5) is 0 Å². The first-order valence-electron chi connectivity index (χ1n) is 8.19. The van der Waals surface area contributed by atoms with E-state index in [0.29, 0.717) is 18.1 Å². The molecule has 0 saturated carbocycles. The molecule has 25 heavy (non-hydrogen) atoms. The van der Waals surface area contributed by atoms with Crippen molar-refractivity contribution in [3.8, 4) is 11.5 Å². The Hall–Kier alpha value is -2.06. The zero-order chi connectivity index (χ0) is 18.2. The number of nitrogens with one attached hydrogen (secondary N) is 1. The molecule has 136 valence electrons. The van der Waals surface area contributed by atoms with E-state index in [-0.39, 0.29) is 23.3 Å². The average Bonchev–Trinajstić information content (AvgIpc) is 3.06. The minimum atomic E-state index is -3.74. The Morgan fingerprint density at radius 1 is 1.36 bits per heavy atom. The van der Waals surface area contributed by atoms with Crippen LogP contribution in [0.25, 0.3) is 0 Å². The molecule has 0 amide bonds. The molecule has 0 bridgehead atoms. The second-order valence-electron chi connectivity index (χ2n) is 6.11. The van der Waals surface area contributed by atoms with Crippen molar-refractivity contribution in [1.82, 2.24) is 9.88 Å². The molecule has 2 aromatic rings. The predicted molar refractivity (Wildman–Crippen MR) is 91.4 cm³/mol. The molecule has 0 fully saturated rings. The van der Waals surface area contributed by atoms with Crippen molar-refractivity contribution in [2.75, 3.05) is 6.61 Å². The molecule has 8 heteroatoms. The lowest BCUT2D eigenvalue weighted by Gasteiger charge is -2.13. The number of nitrogens with zero attached hydrogens (tertiary/aromatic N) is 1. The van der Waals surface area contributed by atoms with E-state index in [0.717, 1.165) is 23.3 Å². The molecule has 1 aromatic carbocycles. The summed E-state index contributed by atoms with van der Waals surface area (Å²) in [5.74, 6) is 1.71. The van der Waals surface area contributed by atoms with E-state index in [1.54, 1.807) is 13.8 Å². The van der Waals surface area contributed by atoms with Gasteiger partial charge in [-0.3, -0.25) is 0 Å². The Kier molecular flexibility index (Phi) is 4.75. The first-order chi connectivity index (χ1) is 11.8. The molecular weight excluding hydrogens is 344 g/mol. The molecule has 0 unspecified atom stereocenters. The number of rotatable bonds is 6. The summed E-state index contributed by atoms with van der Waals surface area (Å²) in [6.07, 6.45) is 0.930. The molecule has 1 aromatic heterocycles. The first-order valence-corrected chi connectivity index (χ1v) is 9.68. The van der Waals surface area contributed by atoms with Crippen LogP contribution in [0.5, 0.6) is 11.5 Å². The number of aromatic nitrogens is 1. The monoisotopic (exact) mass is 366 g/mol. The van der Waals surface area contributed by atoms with E-state index in [4.69, 9.17) is 14.0 Å². The van der Waals surface area contributed by atoms with Gasteiger partial charge in [0.1, 0.15) is 28.2 Å². The number of ether oxygens (including phenoxy) is 2. The van der Waals surface area contributed by atoms with E-state index in [9.17, 15) is 8.42 Å². The lowest BCUT2D eigenvalue weighted by atomic mass is 10.1. The van der Waals surface area contributed by atoms with Crippen LogP contribution in [0.2, 0.25) is 0 Å². The van der Waals surface area contributed by atoms with Gasteiger partial charge in [0.25, 0.3) is 0 Å². The van der Waals surface area contributed by atoms with E-state index in [1.165, 1.54) is 0 Å². The zero-order valence-electron chi connectivity index (χ0n) is 14.8. The molecule has 1 aliphatic heterocycles. The van der Waals surface area contributed by atoms with Crippen molar-refractivity contribution >= 4 is 10.0 Å². The third-order valence-electron chi connectivity index (χ3n) is 4.07. The van der Waals surface area contributed by atoms with Gasteiger partial charge in [-0.05, 0) is 39.8 Å². The molecular formula is C17H22N2O5S. The molecule has 7 nitrogen and oxygen atoms in total. The summed E-state index contributed by atoms with van der Waals surface area (Å²) in [7, 11) is -3.74. The van der Waals surface area contributed by atoms with Gasteiger partial charge in [0.15, 0.2) is 5.76 Å². The maximum atomic E-state index is 12.6. The summed E-state index contributed by atoms with van der Waals surface area (Å²) < 4.78 is 44.2. The first kappa shape index (κ1) is 17.8. The minimum absolute atomic E-state index is 0.0801. The van der Waals surface area contributed by atoms with Crippen LogP contribution in [0, 0.1) is 13.8 Å². The third kappa shape index (κ3) is 3.50. The molecule has 0 saturated heterocycles. The summed E-state index contributed by atoms with van der Waals surface area (Å²) in [4.78, 5) is 0.0801. The van der Waals surface area contributed by atoms with Gasteiger partial charge in [0.2, 0.25) is 10.0 Å². The van der Waals surface area contributed by atoms with Crippen LogP contribution in [0.3, 0.4) is 0 Å². The lowest BCUT2D eigenvalue weighted by molar-refractivity contribution is 0.254. The summed E-state index contributed by atoms with van der Waals surface area (Å²) >= 11 is 0. The highest BCUT2D eigenvalue weighted by molar-refractivity contribution is 7.89. The van der Waals surface area contributed by atoms with E-state index < -0.39 is 10.0 Å². The Labute approximate surface area is 147 Å². The quantitative estimate of drug-likeness (QED) is 0.845. The number of hydrogen-bond donors (Lipinski definition) is 1. The largest absolute Gasteiger partial charge is 0.494 e. The number of aryl methyl sites for hydroxylation is 2. The summed E-state index contributed by atoms with van der Waals surface area (Å²) in [5.41, 5.74) is 2.14. The molecule has 2 heterocycles. The van der Waals surface area contributed by atoms with Crippen LogP contribution in [-0.4, -0.2) is 26.3 Å². The van der Waals surface area contributed by atoms with Crippen LogP contribution < -0.4 is 14.2 Å². The van der Waals surface area contributed by atoms with E-state index in [2.05, 4.69) is 9.88 Å². The van der Waals surface area contributed by atoms with Gasteiger partial charge < -0.3 is 14.0 Å². The fourth-order valence-electron chi connectivity index (χ4n) is 3.01. The van der Waals surface area contributed by atoms with Crippen LogP contribution >= 0.6 is 0 Å². The Morgan fingerprint density at radius 2 is 2.12 bits per heavy atom. The average molecular weight is 366 g/mol. The Bertz CT molecular complexity index is 869. The predicted octanol–water partition coefficient (Wildman–Crippen LogP) is 2.49. The van der Waals surface area contributed by atoms with E-state index >= 15 is 0 Å². The lowest BCUT2D eigenvalue weighted by Crippen LogP contribution is -2.24. The van der Waals surface area contributed by atoms with Gasteiger partial charge in [0.05, 0.1) is 6.61 Å². The van der Waals surface area contributed by atoms with Crippen LogP contribution in [0.15, 0.2) is 21.6 Å². The SMILES string of the molecule is CCOc1cc2c(cc1CNS(=O)(=O)c1c(C)noc1C)O[C@@H](C)C2. The fraction of sp³-hybridized carbons (Fsp3) is 0.471. The molecule has 1 atom stereocenters. The topological polar surface area (TPSA) is 90.7 Å². The molecule has 0 radical (unpaired) electrons. The van der Waals surface area contributed by atoms with Gasteiger partial charge in [0, 0.05) is 24.1 Å². The van der Waals surface area contributed by atoms with Crippen molar-refractivity contribution in [2.45, 2.75) is 51.7 Å². The van der Waals surface area contributed by atoms with Crippen LogP contribution in [0.1, 0.15) is 36.4 Å². The molecule has 3 rings (SSSR count). The highest BCUT2D eigenvalue weighted by Crippen LogP contribution is 2.35. The third-order valence-corrected chi connectivity index (χ3v) is 5.71. The minimum Gasteiger partial charge on any atom is -0.494 e. The second kappa shape index (κ2) is 6.68. The molecule has 1 aliphatic rings. The van der Waals surface area contributed by atoms with Crippen molar-refractivity contribution in [1.29, 1.82) is 0 Å². The standard InChI is InChI=1S/C17H22N2O5S/c1-5-22-15-7-13-6-10(2)23-16(13)8-14(15)9-18-25(20,21)17-11(3)19-24-12(17)4/h7-8,10,18H,5-6,9H2,1-4H3/t10-/m0/s1. The number of hydrogen-bond acceptors (Lipinski definition) is 6. The fourth-order valence-corrected chi connectivity index (χ4v) is 4.34. The maximum Gasteiger partial charge on any atom is 0.246 e. The summed E-state index contributed by atoms with van der Waals surface area (Å²) in [5, 5.41) is 3.70. The van der Waals surface area contributed by atoms with Gasteiger partial charge in [-0.1, -0.05) is 5.16 Å². The van der Waals surface area contributed by atoms with Crippen LogP contribution in [-0.2, 0) is 23.0 Å². The zero-order valence-corrected chi connectivity index (χ0v) is 15.6. The maximum absolute atomic E-state index is 12.6. The molecule has 1 N–H and O–H groups in total. The normalized spacial score (nSPS) is 16.6. The molecule has 0 aliphatic carbocycles. The van der Waals surface area contributed by atoms with E-state index in [1.807, 2.05) is 26.0 Å². The van der Waals surface area contributed by atoms with Gasteiger partial charge >= 0.3 is 0 Å².